The summed E-state index contributed by atoms with van der Waals surface area (Å²) < 4.78 is 34.2. The molecule has 15 heteroatoms. The number of rotatable bonds is 15. The quantitative estimate of drug-likeness (QED) is 0.0638. The van der Waals surface area contributed by atoms with Gasteiger partial charge in [0.2, 0.25) is 5.88 Å². The van der Waals surface area contributed by atoms with Crippen LogP contribution in [0.4, 0.5) is 4.79 Å². The highest BCUT2D eigenvalue weighted by atomic mass is 28.3. The first kappa shape index (κ1) is 47.4. The molecule has 0 saturated heterocycles. The summed E-state index contributed by atoms with van der Waals surface area (Å²) in [6.07, 6.45) is 11.0. The number of aromatic nitrogens is 5. The van der Waals surface area contributed by atoms with Crippen LogP contribution in [0.25, 0.3) is 22.2 Å². The molecule has 0 radical (unpaired) electrons. The van der Waals surface area contributed by atoms with E-state index in [0.717, 1.165) is 55.8 Å². The summed E-state index contributed by atoms with van der Waals surface area (Å²) in [7, 11) is 0.479. The van der Waals surface area contributed by atoms with Crippen LogP contribution >= 0.6 is 0 Å². The first-order chi connectivity index (χ1) is 29.7. The van der Waals surface area contributed by atoms with Gasteiger partial charge in [0.15, 0.2) is 5.69 Å². The maximum Gasteiger partial charge on any atom is 0.410 e. The highest BCUT2D eigenvalue weighted by molar-refractivity contribution is 6.76. The molecule has 4 bridgehead atoms. The molecule has 8 rings (SSSR count). The number of pyridine rings is 2. The Morgan fingerprint density at radius 1 is 0.859 bits per heavy atom. The molecule has 14 nitrogen and oxygen atoms in total. The van der Waals surface area contributed by atoms with E-state index in [0.29, 0.717) is 48.5 Å². The van der Waals surface area contributed by atoms with Gasteiger partial charge in [-0.15, -0.1) is 0 Å². The summed E-state index contributed by atoms with van der Waals surface area (Å²) >= 11 is 0. The SMILES string of the molecule is Cc1c(-c2ccc(OC(=O)c3cn(COCC[Si](C)(C)C)c4ncccc34)nc2C(=O)OC(C)(C)C)cnn1CC12CC3(C)CC(C)(C1)CC(OCCN(C)C(=O)OC(C)(C)C)(C3)C2. The van der Waals surface area contributed by atoms with Crippen molar-refractivity contribution in [1.82, 2.24) is 29.2 Å². The lowest BCUT2D eigenvalue weighted by Crippen LogP contribution is -2.64. The van der Waals surface area contributed by atoms with Gasteiger partial charge >= 0.3 is 18.0 Å². The van der Waals surface area contributed by atoms with Gasteiger partial charge in [0.05, 0.1) is 24.0 Å². The second kappa shape index (κ2) is 17.0. The minimum Gasteiger partial charge on any atom is -0.455 e. The number of ether oxygens (including phenoxy) is 5. The number of carbonyl (C=O) groups excluding carboxylic acids is 3. The van der Waals surface area contributed by atoms with Crippen molar-refractivity contribution in [2.75, 3.05) is 26.8 Å². The summed E-state index contributed by atoms with van der Waals surface area (Å²) in [5.74, 6) is -1.30. The van der Waals surface area contributed by atoms with E-state index in [1.807, 2.05) is 38.3 Å². The van der Waals surface area contributed by atoms with Crippen LogP contribution in [-0.4, -0.2) is 98.9 Å². The number of amides is 1. The average molecular weight is 899 g/mol. The predicted octanol–water partition coefficient (Wildman–Crippen LogP) is 10.1. The Kier molecular flexibility index (Phi) is 12.6. The number of hydrogen-bond donors (Lipinski definition) is 0. The first-order valence-corrected chi connectivity index (χ1v) is 26.5. The molecule has 0 aliphatic heterocycles. The Labute approximate surface area is 379 Å². The molecule has 348 valence electrons. The molecule has 4 aromatic heterocycles. The van der Waals surface area contributed by atoms with E-state index in [4.69, 9.17) is 28.8 Å². The number of likely N-dealkylation sites (N-methyl/N-ethyl adjacent to an activating group) is 1. The van der Waals surface area contributed by atoms with Crippen molar-refractivity contribution >= 4 is 37.1 Å². The van der Waals surface area contributed by atoms with Crippen molar-refractivity contribution in [2.45, 2.75) is 157 Å². The standard InChI is InChI=1S/C49H70N6O8Si/c1-33-36(23-51-55(33)31-48-26-46(8)25-47(9,27-48)29-49(28-46,30-48)60-20-19-53(10)43(58)63-45(5,6)7)34-16-17-38(52-39(34)42(57)62-44(2,3)4)61-41(56)37-24-54(32-59-21-22-64(11,12)13)40-35(37)15-14-18-50-40/h14-18,23-24H,19-22,25-32H2,1-13H3. The molecular weight excluding hydrogens is 829 g/mol. The lowest BCUT2D eigenvalue weighted by molar-refractivity contribution is -0.248. The summed E-state index contributed by atoms with van der Waals surface area (Å²) in [5, 5.41) is 5.59. The van der Waals surface area contributed by atoms with Crippen molar-refractivity contribution in [3.63, 3.8) is 0 Å². The Morgan fingerprint density at radius 2 is 1.55 bits per heavy atom. The first-order valence-electron chi connectivity index (χ1n) is 22.8. The van der Waals surface area contributed by atoms with Crippen molar-refractivity contribution in [3.8, 4) is 17.0 Å². The zero-order valence-corrected chi connectivity index (χ0v) is 41.5. The molecule has 4 fully saturated rings. The monoisotopic (exact) mass is 899 g/mol. The normalized spacial score (nSPS) is 24.3. The van der Waals surface area contributed by atoms with Gasteiger partial charge in [-0.05, 0) is 127 Å². The smallest absolute Gasteiger partial charge is 0.410 e. The van der Waals surface area contributed by atoms with E-state index in [1.54, 1.807) is 69.5 Å². The van der Waals surface area contributed by atoms with Crippen LogP contribution < -0.4 is 4.74 Å². The van der Waals surface area contributed by atoms with Gasteiger partial charge in [-0.25, -0.2) is 24.4 Å². The number of hydrogen-bond acceptors (Lipinski definition) is 11. The second-order valence-electron chi connectivity index (χ2n) is 23.1. The molecule has 0 aromatic carbocycles. The van der Waals surface area contributed by atoms with Crippen molar-refractivity contribution < 1.29 is 38.1 Å². The number of nitrogens with zero attached hydrogens (tertiary/aromatic N) is 6. The topological polar surface area (TPSA) is 149 Å². The van der Waals surface area contributed by atoms with Crippen LogP contribution in [-0.2, 0) is 32.2 Å². The number of fused-ring (bicyclic) bond motifs is 1. The Balaban J connectivity index is 1.12. The summed E-state index contributed by atoms with van der Waals surface area (Å²) in [5.41, 5.74) is 1.60. The van der Waals surface area contributed by atoms with Crippen LogP contribution in [0, 0.1) is 23.2 Å². The van der Waals surface area contributed by atoms with Gasteiger partial charge in [-0.3, -0.25) is 4.68 Å². The van der Waals surface area contributed by atoms with Gasteiger partial charge in [0.1, 0.15) is 23.6 Å². The second-order valence-corrected chi connectivity index (χ2v) is 28.7. The molecular formula is C49H70N6O8Si. The molecule has 2 unspecified atom stereocenters. The summed E-state index contributed by atoms with van der Waals surface area (Å²) in [6.45, 7) is 27.2. The third-order valence-electron chi connectivity index (χ3n) is 12.8. The van der Waals surface area contributed by atoms with Crippen LogP contribution in [0.2, 0.25) is 25.7 Å². The number of carbonyl (C=O) groups is 3. The zero-order chi connectivity index (χ0) is 46.7. The highest BCUT2D eigenvalue weighted by Crippen LogP contribution is 2.72. The maximum atomic E-state index is 14.0. The van der Waals surface area contributed by atoms with Crippen molar-refractivity contribution in [2.24, 2.45) is 16.2 Å². The molecule has 4 aromatic rings. The molecule has 4 heterocycles. The van der Waals surface area contributed by atoms with Crippen molar-refractivity contribution in [1.29, 1.82) is 0 Å². The highest BCUT2D eigenvalue weighted by Gasteiger charge is 2.66. The van der Waals surface area contributed by atoms with E-state index < -0.39 is 31.2 Å². The van der Waals surface area contributed by atoms with E-state index in [1.165, 1.54) is 0 Å². The molecule has 4 aliphatic carbocycles. The molecule has 2 atom stereocenters. The fraction of sp³-hybridized carbons (Fsp3) is 0.633. The maximum absolute atomic E-state index is 14.0. The predicted molar refractivity (Wildman–Crippen MR) is 248 cm³/mol. The average Bonchev–Trinajstić information content (AvgIpc) is 3.69. The molecule has 4 aliphatic rings. The molecule has 0 spiro atoms. The molecule has 1 amide bonds. The van der Waals surface area contributed by atoms with Gasteiger partial charge in [-0.1, -0.05) is 33.5 Å². The molecule has 4 saturated carbocycles. The summed E-state index contributed by atoms with van der Waals surface area (Å²) in [6, 6.07) is 7.98. The fourth-order valence-corrected chi connectivity index (χ4v) is 12.2. The zero-order valence-electron chi connectivity index (χ0n) is 40.5. The van der Waals surface area contributed by atoms with Gasteiger partial charge in [0, 0.05) is 75.5 Å². The van der Waals surface area contributed by atoms with Gasteiger partial charge < -0.3 is 33.2 Å². The summed E-state index contributed by atoms with van der Waals surface area (Å²) in [4.78, 5) is 51.3. The number of esters is 2. The minimum atomic E-state index is -1.28. The van der Waals surface area contributed by atoms with Gasteiger partial charge in [-0.2, -0.15) is 5.10 Å². The largest absolute Gasteiger partial charge is 0.455 e. The molecule has 0 N–H and O–H groups in total. The lowest BCUT2D eigenvalue weighted by Gasteiger charge is -2.69. The Morgan fingerprint density at radius 3 is 2.20 bits per heavy atom. The van der Waals surface area contributed by atoms with Crippen LogP contribution in [0.3, 0.4) is 0 Å². The van der Waals surface area contributed by atoms with Crippen LogP contribution in [0.5, 0.6) is 5.88 Å². The fourth-order valence-electron chi connectivity index (χ4n) is 11.4. The van der Waals surface area contributed by atoms with E-state index in [-0.39, 0.29) is 46.2 Å². The van der Waals surface area contributed by atoms with Crippen LogP contribution in [0.15, 0.2) is 42.9 Å². The van der Waals surface area contributed by atoms with Gasteiger partial charge in [0.25, 0.3) is 0 Å². The lowest BCUT2D eigenvalue weighted by atomic mass is 9.39. The Bertz CT molecular complexity index is 2390. The third kappa shape index (κ3) is 10.7. The Hall–Kier alpha value is -4.60. The minimum absolute atomic E-state index is 0.0290. The van der Waals surface area contributed by atoms with E-state index >= 15 is 0 Å². The van der Waals surface area contributed by atoms with E-state index in [9.17, 15) is 14.4 Å². The third-order valence-corrected chi connectivity index (χ3v) is 14.5. The molecule has 64 heavy (non-hydrogen) atoms. The van der Waals surface area contributed by atoms with Crippen molar-refractivity contribution in [3.05, 3.63) is 59.8 Å². The van der Waals surface area contributed by atoms with Crippen LogP contribution in [0.1, 0.15) is 120 Å². The van der Waals surface area contributed by atoms with E-state index in [2.05, 4.69) is 48.1 Å².